The Hall–Kier alpha value is -3.16. The third-order valence-electron chi connectivity index (χ3n) is 2.93. The highest BCUT2D eigenvalue weighted by molar-refractivity contribution is 6.11. The Kier molecular flexibility index (Phi) is 4.21. The Morgan fingerprint density at radius 3 is 2.45 bits per heavy atom. The van der Waals surface area contributed by atoms with E-state index in [1.165, 1.54) is 6.33 Å². The quantitative estimate of drug-likeness (QED) is 0.402. The van der Waals surface area contributed by atoms with Gasteiger partial charge in [-0.2, -0.15) is 0 Å². The number of benzene rings is 1. The Balaban J connectivity index is 2.47. The fourth-order valence-electron chi connectivity index (χ4n) is 1.78. The molecule has 0 bridgehead atoms. The Bertz CT molecular complexity index is 755. The van der Waals surface area contributed by atoms with Gasteiger partial charge in [-0.15, -0.1) is 0 Å². The molecule has 1 aromatic carbocycles. The van der Waals surface area contributed by atoms with E-state index >= 15 is 0 Å². The second kappa shape index (κ2) is 6.08. The van der Waals surface area contributed by atoms with Crippen LogP contribution in [0.1, 0.15) is 0 Å². The van der Waals surface area contributed by atoms with Crippen LogP contribution < -0.4 is 20.4 Å². The normalized spacial score (nSPS) is 10.1. The van der Waals surface area contributed by atoms with Crippen molar-refractivity contribution >= 4 is 34.3 Å². The van der Waals surface area contributed by atoms with Gasteiger partial charge in [-0.05, 0) is 18.2 Å². The molecule has 0 aliphatic carbocycles. The summed E-state index contributed by atoms with van der Waals surface area (Å²) in [6.45, 7) is 0. The topological polar surface area (TPSA) is 121 Å². The zero-order chi connectivity index (χ0) is 16.3. The van der Waals surface area contributed by atoms with Gasteiger partial charge in [0.1, 0.15) is 12.1 Å². The largest absolute Gasteiger partial charge is 0.545 e. The fourth-order valence-corrected chi connectivity index (χ4v) is 1.78. The van der Waals surface area contributed by atoms with Crippen molar-refractivity contribution in [2.75, 3.05) is 24.3 Å². The predicted molar refractivity (Wildman–Crippen MR) is 75.6 cm³/mol. The molecule has 1 aromatic heterocycles. The molecule has 0 amide bonds. The molecule has 0 aliphatic rings. The van der Waals surface area contributed by atoms with Crippen molar-refractivity contribution in [3.8, 4) is 0 Å². The molecule has 22 heavy (non-hydrogen) atoms. The van der Waals surface area contributed by atoms with E-state index in [-0.39, 0.29) is 5.82 Å². The lowest BCUT2D eigenvalue weighted by Crippen LogP contribution is -2.36. The van der Waals surface area contributed by atoms with Crippen molar-refractivity contribution in [2.24, 2.45) is 0 Å². The van der Waals surface area contributed by atoms with E-state index in [1.54, 1.807) is 12.1 Å². The molecule has 0 radical (unpaired) electrons. The number of carboxylic acids is 2. The van der Waals surface area contributed by atoms with Crippen LogP contribution >= 0.6 is 0 Å². The van der Waals surface area contributed by atoms with Gasteiger partial charge in [0, 0.05) is 36.9 Å². The fraction of sp³-hybridized carbons (Fsp3) is 0.143. The van der Waals surface area contributed by atoms with Crippen LogP contribution in [-0.2, 0) is 9.59 Å². The van der Waals surface area contributed by atoms with Crippen LogP contribution in [0.3, 0.4) is 0 Å². The molecule has 0 spiro atoms. The van der Waals surface area contributed by atoms with Gasteiger partial charge in [0.2, 0.25) is 0 Å². The number of carboxylic acid groups (broad SMARTS) is 2. The lowest BCUT2D eigenvalue weighted by Gasteiger charge is -2.14. The molecule has 114 valence electrons. The molecule has 0 saturated heterocycles. The molecule has 0 unspecified atom stereocenters. The zero-order valence-electron chi connectivity index (χ0n) is 11.9. The zero-order valence-corrected chi connectivity index (χ0v) is 11.9. The van der Waals surface area contributed by atoms with Crippen molar-refractivity contribution in [3.05, 3.63) is 36.3 Å². The van der Waals surface area contributed by atoms with Crippen LogP contribution in [0.2, 0.25) is 0 Å². The van der Waals surface area contributed by atoms with Crippen molar-refractivity contribution in [1.29, 1.82) is 0 Å². The standard InChI is InChI=1S/C14H14N4O4/c1-18(2)8-3-4-11-9(5-8)12(17-7-16-11)15-6-10(13(19)20)14(21)22/h3-7H,1-2H3,(H,19,20)(H,21,22)(H,15,16,17)/p-2. The van der Waals surface area contributed by atoms with Crippen molar-refractivity contribution in [3.63, 3.8) is 0 Å². The van der Waals surface area contributed by atoms with Crippen LogP contribution in [-0.4, -0.2) is 36.0 Å². The van der Waals surface area contributed by atoms with Gasteiger partial charge in [0.25, 0.3) is 0 Å². The number of nitrogens with zero attached hydrogens (tertiary/aromatic N) is 3. The molecule has 0 saturated carbocycles. The first-order chi connectivity index (χ1) is 10.4. The summed E-state index contributed by atoms with van der Waals surface area (Å²) in [6, 6.07) is 5.44. The summed E-state index contributed by atoms with van der Waals surface area (Å²) in [5.41, 5.74) is 0.504. The van der Waals surface area contributed by atoms with Crippen molar-refractivity contribution < 1.29 is 19.8 Å². The number of anilines is 2. The first kappa shape index (κ1) is 15.2. The Morgan fingerprint density at radius 2 is 1.86 bits per heavy atom. The summed E-state index contributed by atoms with van der Waals surface area (Å²) in [4.78, 5) is 31.3. The van der Waals surface area contributed by atoms with Gasteiger partial charge >= 0.3 is 0 Å². The maximum atomic E-state index is 10.7. The van der Waals surface area contributed by atoms with Crippen LogP contribution in [0.15, 0.2) is 36.3 Å². The molecule has 0 aliphatic heterocycles. The Labute approximate surface area is 125 Å². The summed E-state index contributed by atoms with van der Waals surface area (Å²) in [5, 5.41) is 24.5. The highest BCUT2D eigenvalue weighted by Crippen LogP contribution is 2.24. The second-order valence-electron chi connectivity index (χ2n) is 4.60. The SMILES string of the molecule is CN(C)c1ccc2ncnc(NC=C(C(=O)[O-])C(=O)[O-])c2c1. The second-order valence-corrected chi connectivity index (χ2v) is 4.60. The summed E-state index contributed by atoms with van der Waals surface area (Å²) in [6.07, 6.45) is 2.06. The van der Waals surface area contributed by atoms with E-state index in [0.717, 1.165) is 11.9 Å². The summed E-state index contributed by atoms with van der Waals surface area (Å²) in [7, 11) is 3.73. The summed E-state index contributed by atoms with van der Waals surface area (Å²) in [5.74, 6) is -3.42. The van der Waals surface area contributed by atoms with Crippen LogP contribution in [0.5, 0.6) is 0 Å². The number of carbonyl (C=O) groups is 2. The molecule has 1 heterocycles. The average Bonchev–Trinajstić information content (AvgIpc) is 2.46. The molecular formula is C14H12N4O4-2. The lowest BCUT2D eigenvalue weighted by molar-refractivity contribution is -0.312. The van der Waals surface area contributed by atoms with Crippen LogP contribution in [0, 0.1) is 0 Å². The Morgan fingerprint density at radius 1 is 1.18 bits per heavy atom. The lowest BCUT2D eigenvalue weighted by atomic mass is 10.2. The molecule has 8 heteroatoms. The molecule has 8 nitrogen and oxygen atoms in total. The molecule has 1 N–H and O–H groups in total. The number of hydrogen-bond acceptors (Lipinski definition) is 8. The highest BCUT2D eigenvalue weighted by Gasteiger charge is 2.06. The van der Waals surface area contributed by atoms with Gasteiger partial charge in [0.15, 0.2) is 0 Å². The average molecular weight is 300 g/mol. The smallest absolute Gasteiger partial charge is 0.141 e. The monoisotopic (exact) mass is 300 g/mol. The minimum Gasteiger partial charge on any atom is -0.545 e. The first-order valence-corrected chi connectivity index (χ1v) is 6.21. The van der Waals surface area contributed by atoms with E-state index in [4.69, 9.17) is 0 Å². The molecule has 2 rings (SSSR count). The van der Waals surface area contributed by atoms with E-state index < -0.39 is 17.5 Å². The van der Waals surface area contributed by atoms with Gasteiger partial charge in [-0.25, -0.2) is 9.97 Å². The maximum Gasteiger partial charge on any atom is 0.141 e. The molecular weight excluding hydrogens is 288 g/mol. The first-order valence-electron chi connectivity index (χ1n) is 6.21. The van der Waals surface area contributed by atoms with Crippen molar-refractivity contribution in [1.82, 2.24) is 9.97 Å². The van der Waals surface area contributed by atoms with Gasteiger partial charge in [0.05, 0.1) is 17.5 Å². The number of nitrogens with one attached hydrogen (secondary N) is 1. The third kappa shape index (κ3) is 3.11. The number of fused-ring (bicyclic) bond motifs is 1. The number of carbonyl (C=O) groups excluding carboxylic acids is 2. The molecule has 0 atom stereocenters. The number of aliphatic carboxylic acids is 2. The van der Waals surface area contributed by atoms with E-state index in [0.29, 0.717) is 10.9 Å². The molecule has 2 aromatic rings. The van der Waals surface area contributed by atoms with Crippen LogP contribution in [0.4, 0.5) is 11.5 Å². The van der Waals surface area contributed by atoms with Crippen LogP contribution in [0.25, 0.3) is 10.9 Å². The highest BCUT2D eigenvalue weighted by atomic mass is 16.4. The number of rotatable bonds is 5. The minimum atomic E-state index is -1.85. The van der Waals surface area contributed by atoms with E-state index in [1.807, 2.05) is 25.1 Å². The summed E-state index contributed by atoms with van der Waals surface area (Å²) < 4.78 is 0. The van der Waals surface area contributed by atoms with E-state index in [9.17, 15) is 19.8 Å². The van der Waals surface area contributed by atoms with Gasteiger partial charge < -0.3 is 30.0 Å². The summed E-state index contributed by atoms with van der Waals surface area (Å²) >= 11 is 0. The van der Waals surface area contributed by atoms with Gasteiger partial charge in [-0.3, -0.25) is 0 Å². The number of aromatic nitrogens is 2. The maximum absolute atomic E-state index is 10.7. The molecule has 0 fully saturated rings. The number of hydrogen-bond donors (Lipinski definition) is 1. The van der Waals surface area contributed by atoms with Gasteiger partial charge in [-0.1, -0.05) is 0 Å². The van der Waals surface area contributed by atoms with E-state index in [2.05, 4.69) is 15.3 Å². The third-order valence-corrected chi connectivity index (χ3v) is 2.93. The predicted octanol–water partition coefficient (Wildman–Crippen LogP) is -1.51. The van der Waals surface area contributed by atoms with Crippen molar-refractivity contribution in [2.45, 2.75) is 0 Å². The minimum absolute atomic E-state index is 0.272.